The van der Waals surface area contributed by atoms with Gasteiger partial charge in [-0.05, 0) is 31.5 Å². The number of nitrogens with zero attached hydrogens (tertiary/aromatic N) is 2. The summed E-state index contributed by atoms with van der Waals surface area (Å²) in [5.41, 5.74) is 4.75. The first-order chi connectivity index (χ1) is 10.1. The van der Waals surface area contributed by atoms with Gasteiger partial charge in [-0.3, -0.25) is 4.68 Å². The quantitative estimate of drug-likeness (QED) is 0.771. The molecule has 0 bridgehead atoms. The van der Waals surface area contributed by atoms with Crippen LogP contribution in [-0.4, -0.2) is 14.8 Å². The fourth-order valence-electron chi connectivity index (χ4n) is 2.62. The molecule has 3 rings (SSSR count). The van der Waals surface area contributed by atoms with Gasteiger partial charge in [0.05, 0.1) is 6.20 Å². The van der Waals surface area contributed by atoms with Crippen molar-refractivity contribution in [1.82, 2.24) is 20.1 Å². The van der Waals surface area contributed by atoms with Crippen LogP contribution in [0, 0.1) is 6.92 Å². The summed E-state index contributed by atoms with van der Waals surface area (Å²) in [6.45, 7) is 5.06. The molecule has 1 unspecified atom stereocenters. The molecule has 0 fully saturated rings. The average molecular weight is 303 g/mol. The zero-order valence-electron chi connectivity index (χ0n) is 12.4. The van der Waals surface area contributed by atoms with Crippen molar-refractivity contribution < 1.29 is 0 Å². The van der Waals surface area contributed by atoms with Crippen LogP contribution in [0.1, 0.15) is 29.8 Å². The van der Waals surface area contributed by atoms with Crippen molar-refractivity contribution in [2.75, 3.05) is 0 Å². The van der Waals surface area contributed by atoms with Gasteiger partial charge in [-0.2, -0.15) is 5.10 Å². The minimum absolute atomic E-state index is 0.260. The van der Waals surface area contributed by atoms with Crippen LogP contribution < -0.4 is 5.32 Å². The number of halogens is 1. The number of aromatic nitrogens is 3. The molecule has 4 nitrogen and oxygen atoms in total. The maximum Gasteiger partial charge on any atom is 0.0540 e. The van der Waals surface area contributed by atoms with E-state index in [1.54, 1.807) is 0 Å². The summed E-state index contributed by atoms with van der Waals surface area (Å²) >= 11 is 6.01. The van der Waals surface area contributed by atoms with E-state index in [1.165, 1.54) is 22.2 Å². The van der Waals surface area contributed by atoms with E-state index in [0.717, 1.165) is 17.1 Å². The van der Waals surface area contributed by atoms with Crippen molar-refractivity contribution in [3.63, 3.8) is 0 Å². The fourth-order valence-corrected chi connectivity index (χ4v) is 2.79. The summed E-state index contributed by atoms with van der Waals surface area (Å²) in [5.74, 6) is 0. The Bertz CT molecular complexity index is 772. The summed E-state index contributed by atoms with van der Waals surface area (Å²) < 4.78 is 1.90. The van der Waals surface area contributed by atoms with Crippen molar-refractivity contribution in [3.05, 3.63) is 52.4 Å². The monoisotopic (exact) mass is 302 g/mol. The molecule has 3 aromatic rings. The first-order valence-corrected chi connectivity index (χ1v) is 7.41. The summed E-state index contributed by atoms with van der Waals surface area (Å²) in [7, 11) is 1.97. The van der Waals surface area contributed by atoms with Crippen LogP contribution >= 0.6 is 11.6 Å². The molecule has 110 valence electrons. The van der Waals surface area contributed by atoms with Gasteiger partial charge in [0.1, 0.15) is 0 Å². The molecule has 0 amide bonds. The Balaban J connectivity index is 1.76. The molecule has 0 saturated heterocycles. The molecule has 1 atom stereocenters. The highest BCUT2D eigenvalue weighted by molar-refractivity contribution is 6.31. The summed E-state index contributed by atoms with van der Waals surface area (Å²) in [6.07, 6.45) is 3.97. The second-order valence-corrected chi connectivity index (χ2v) is 5.85. The van der Waals surface area contributed by atoms with E-state index in [1.807, 2.05) is 36.3 Å². The number of nitrogens with one attached hydrogen (secondary N) is 2. The predicted octanol–water partition coefficient (Wildman–Crippen LogP) is 3.71. The van der Waals surface area contributed by atoms with Crippen LogP contribution in [0.15, 0.2) is 30.6 Å². The van der Waals surface area contributed by atoms with Gasteiger partial charge < -0.3 is 10.3 Å². The molecule has 2 heterocycles. The number of H-pyrrole nitrogens is 1. The van der Waals surface area contributed by atoms with E-state index >= 15 is 0 Å². The molecule has 0 radical (unpaired) electrons. The molecule has 2 aromatic heterocycles. The smallest absolute Gasteiger partial charge is 0.0540 e. The lowest BCUT2D eigenvalue weighted by Gasteiger charge is -2.13. The van der Waals surface area contributed by atoms with Gasteiger partial charge in [-0.25, -0.2) is 0 Å². The maximum atomic E-state index is 6.01. The Morgan fingerprint density at radius 1 is 1.43 bits per heavy atom. The number of fused-ring (bicyclic) bond motifs is 1. The highest BCUT2D eigenvalue weighted by atomic mass is 35.5. The van der Waals surface area contributed by atoms with Gasteiger partial charge in [0.2, 0.25) is 0 Å². The molecule has 5 heteroatoms. The Hall–Kier alpha value is -1.78. The van der Waals surface area contributed by atoms with Crippen molar-refractivity contribution in [3.8, 4) is 0 Å². The van der Waals surface area contributed by atoms with Crippen LogP contribution in [-0.2, 0) is 13.6 Å². The van der Waals surface area contributed by atoms with Crippen LogP contribution in [0.5, 0.6) is 0 Å². The van der Waals surface area contributed by atoms with Gasteiger partial charge in [0, 0.05) is 53.0 Å². The van der Waals surface area contributed by atoms with E-state index in [-0.39, 0.29) is 6.04 Å². The topological polar surface area (TPSA) is 45.6 Å². The summed E-state index contributed by atoms with van der Waals surface area (Å²) in [5, 5.41) is 9.82. The minimum atomic E-state index is 0.260. The van der Waals surface area contributed by atoms with E-state index in [0.29, 0.717) is 0 Å². The number of aromatic amines is 1. The van der Waals surface area contributed by atoms with Gasteiger partial charge in [0.25, 0.3) is 0 Å². The number of hydrogen-bond acceptors (Lipinski definition) is 2. The lowest BCUT2D eigenvalue weighted by Crippen LogP contribution is -2.18. The van der Waals surface area contributed by atoms with Crippen molar-refractivity contribution in [1.29, 1.82) is 0 Å². The first-order valence-electron chi connectivity index (χ1n) is 7.03. The van der Waals surface area contributed by atoms with E-state index in [4.69, 9.17) is 11.6 Å². The Kier molecular flexibility index (Phi) is 3.74. The average Bonchev–Trinajstić information content (AvgIpc) is 3.01. The van der Waals surface area contributed by atoms with Gasteiger partial charge >= 0.3 is 0 Å². The second kappa shape index (κ2) is 5.54. The third kappa shape index (κ3) is 2.69. The van der Waals surface area contributed by atoms with Crippen LogP contribution in [0.3, 0.4) is 0 Å². The maximum absolute atomic E-state index is 6.01. The third-order valence-corrected chi connectivity index (χ3v) is 4.30. The molecule has 21 heavy (non-hydrogen) atoms. The molecule has 0 aliphatic heterocycles. The van der Waals surface area contributed by atoms with Gasteiger partial charge in [-0.15, -0.1) is 0 Å². The standard InChI is InChI=1S/C16H19ClN4/c1-10(15-9-20-21(3)11(15)2)18-7-12-8-19-16-6-13(17)4-5-14(12)16/h4-6,8-10,18-19H,7H2,1-3H3. The second-order valence-electron chi connectivity index (χ2n) is 5.42. The zero-order chi connectivity index (χ0) is 15.0. The molecule has 0 saturated carbocycles. The summed E-state index contributed by atoms with van der Waals surface area (Å²) in [6, 6.07) is 6.20. The predicted molar refractivity (Wildman–Crippen MR) is 86.5 cm³/mol. The van der Waals surface area contributed by atoms with E-state index in [2.05, 4.69) is 35.3 Å². The van der Waals surface area contributed by atoms with Crippen molar-refractivity contribution in [2.24, 2.45) is 7.05 Å². The Morgan fingerprint density at radius 2 is 2.24 bits per heavy atom. The SMILES string of the molecule is Cc1c(C(C)NCc2c[nH]c3cc(Cl)ccc23)cnn1C. The Morgan fingerprint density at radius 3 is 2.95 bits per heavy atom. The number of aryl methyl sites for hydroxylation is 1. The number of rotatable bonds is 4. The third-order valence-electron chi connectivity index (χ3n) is 4.07. The van der Waals surface area contributed by atoms with Crippen LogP contribution in [0.4, 0.5) is 0 Å². The molecule has 0 aliphatic carbocycles. The number of benzene rings is 1. The Labute approximate surface area is 129 Å². The van der Waals surface area contributed by atoms with Gasteiger partial charge in [0.15, 0.2) is 0 Å². The van der Waals surface area contributed by atoms with Gasteiger partial charge in [-0.1, -0.05) is 17.7 Å². The van der Waals surface area contributed by atoms with Crippen LogP contribution in [0.2, 0.25) is 5.02 Å². The lowest BCUT2D eigenvalue weighted by molar-refractivity contribution is 0.572. The van der Waals surface area contributed by atoms with Crippen molar-refractivity contribution in [2.45, 2.75) is 26.4 Å². The highest BCUT2D eigenvalue weighted by Gasteiger charge is 2.12. The molecular formula is C16H19ClN4. The van der Waals surface area contributed by atoms with Crippen LogP contribution in [0.25, 0.3) is 10.9 Å². The lowest BCUT2D eigenvalue weighted by atomic mass is 10.1. The fraction of sp³-hybridized carbons (Fsp3) is 0.312. The largest absolute Gasteiger partial charge is 0.361 e. The van der Waals surface area contributed by atoms with Crippen molar-refractivity contribution >= 4 is 22.5 Å². The first kappa shape index (κ1) is 14.2. The van der Waals surface area contributed by atoms with E-state index < -0.39 is 0 Å². The normalized spacial score (nSPS) is 13.0. The minimum Gasteiger partial charge on any atom is -0.361 e. The zero-order valence-corrected chi connectivity index (χ0v) is 13.2. The molecule has 1 aromatic carbocycles. The highest BCUT2D eigenvalue weighted by Crippen LogP contribution is 2.23. The van der Waals surface area contributed by atoms with E-state index in [9.17, 15) is 0 Å². The molecular weight excluding hydrogens is 284 g/mol. The molecule has 2 N–H and O–H groups in total. The summed E-state index contributed by atoms with van der Waals surface area (Å²) in [4.78, 5) is 3.27. The number of hydrogen-bond donors (Lipinski definition) is 2. The molecule has 0 spiro atoms. The molecule has 0 aliphatic rings.